The van der Waals surface area contributed by atoms with Crippen LogP contribution >= 0.6 is 0 Å². The fraction of sp³-hybridized carbons (Fsp3) is 0.409. The van der Waals surface area contributed by atoms with Gasteiger partial charge in [0, 0.05) is 30.3 Å². The molecule has 1 saturated heterocycles. The molecule has 1 heterocycles. The topological polar surface area (TPSA) is 66.0 Å². The lowest BCUT2D eigenvalue weighted by atomic mass is 10.1. The number of rotatable bonds is 9. The summed E-state index contributed by atoms with van der Waals surface area (Å²) in [5.74, 6) is 2.00. The number of methoxy groups -OCH3 is 1. The average molecular weight is 385 g/mol. The minimum atomic E-state index is -0.124. The second-order valence-electron chi connectivity index (χ2n) is 6.57. The van der Waals surface area contributed by atoms with E-state index >= 15 is 0 Å². The number of hydrogen-bond donors (Lipinski definition) is 1. The quantitative estimate of drug-likeness (QED) is 0.715. The van der Waals surface area contributed by atoms with Crippen molar-refractivity contribution in [2.75, 3.05) is 26.9 Å². The summed E-state index contributed by atoms with van der Waals surface area (Å²) in [6, 6.07) is 12.8. The van der Waals surface area contributed by atoms with Crippen LogP contribution in [0.1, 0.15) is 35.7 Å². The molecule has 0 radical (unpaired) electrons. The first kappa shape index (κ1) is 20.0. The van der Waals surface area contributed by atoms with Crippen molar-refractivity contribution >= 4 is 5.91 Å². The van der Waals surface area contributed by atoms with E-state index in [1.54, 1.807) is 13.2 Å². The summed E-state index contributed by atoms with van der Waals surface area (Å²) in [6.07, 6.45) is 2.15. The van der Waals surface area contributed by atoms with Crippen LogP contribution in [-0.2, 0) is 11.3 Å². The number of ether oxygens (including phenoxy) is 4. The number of benzene rings is 2. The molecule has 1 aliphatic heterocycles. The number of amides is 1. The Morgan fingerprint density at radius 1 is 1.18 bits per heavy atom. The second-order valence-corrected chi connectivity index (χ2v) is 6.57. The van der Waals surface area contributed by atoms with Crippen LogP contribution in [0.2, 0.25) is 0 Å². The molecule has 3 rings (SSSR count). The molecule has 2 aromatic carbocycles. The zero-order chi connectivity index (χ0) is 19.8. The van der Waals surface area contributed by atoms with Crippen molar-refractivity contribution in [2.24, 2.45) is 0 Å². The average Bonchev–Trinajstić information content (AvgIpc) is 3.25. The second kappa shape index (κ2) is 9.99. The first-order chi connectivity index (χ1) is 13.7. The van der Waals surface area contributed by atoms with Gasteiger partial charge in [0.05, 0.1) is 19.8 Å². The van der Waals surface area contributed by atoms with E-state index in [1.165, 1.54) is 0 Å². The van der Waals surface area contributed by atoms with Crippen molar-refractivity contribution in [3.63, 3.8) is 0 Å². The predicted molar refractivity (Wildman–Crippen MR) is 106 cm³/mol. The molecule has 0 saturated carbocycles. The van der Waals surface area contributed by atoms with E-state index in [0.717, 1.165) is 30.8 Å². The SMILES string of the molecule is CCOc1ccc(C(=O)NCC2CCCO2)cc1COc1cccc(OC)c1. The van der Waals surface area contributed by atoms with Gasteiger partial charge in [-0.15, -0.1) is 0 Å². The monoisotopic (exact) mass is 385 g/mol. The fourth-order valence-corrected chi connectivity index (χ4v) is 3.10. The molecule has 1 aliphatic rings. The Bertz CT molecular complexity index is 786. The predicted octanol–water partition coefficient (Wildman–Crippen LogP) is 3.58. The number of carbonyl (C=O) groups is 1. The van der Waals surface area contributed by atoms with Crippen LogP contribution in [0.25, 0.3) is 0 Å². The smallest absolute Gasteiger partial charge is 0.251 e. The van der Waals surface area contributed by atoms with Crippen LogP contribution in [0.4, 0.5) is 0 Å². The molecule has 1 amide bonds. The van der Waals surface area contributed by atoms with Crippen LogP contribution in [0.3, 0.4) is 0 Å². The summed E-state index contributed by atoms with van der Waals surface area (Å²) >= 11 is 0. The van der Waals surface area contributed by atoms with E-state index in [4.69, 9.17) is 18.9 Å². The summed E-state index contributed by atoms with van der Waals surface area (Å²) in [6.45, 7) is 4.05. The highest BCUT2D eigenvalue weighted by Crippen LogP contribution is 2.25. The van der Waals surface area contributed by atoms with Gasteiger partial charge in [-0.25, -0.2) is 0 Å². The van der Waals surface area contributed by atoms with E-state index in [0.29, 0.717) is 30.2 Å². The standard InChI is InChI=1S/C22H27NO5/c1-3-26-21-10-9-16(22(24)23-14-20-8-5-11-27-20)12-17(21)15-28-19-7-4-6-18(13-19)25-2/h4,6-7,9-10,12-13,20H,3,5,8,11,14-15H2,1-2H3,(H,23,24). The Hall–Kier alpha value is -2.73. The molecular formula is C22H27NO5. The summed E-state index contributed by atoms with van der Waals surface area (Å²) < 4.78 is 22.4. The van der Waals surface area contributed by atoms with E-state index in [2.05, 4.69) is 5.32 Å². The van der Waals surface area contributed by atoms with Gasteiger partial charge in [0.1, 0.15) is 23.9 Å². The highest BCUT2D eigenvalue weighted by Gasteiger charge is 2.17. The minimum absolute atomic E-state index is 0.113. The molecule has 6 heteroatoms. The molecule has 6 nitrogen and oxygen atoms in total. The molecular weight excluding hydrogens is 358 g/mol. The zero-order valence-corrected chi connectivity index (χ0v) is 16.4. The summed E-state index contributed by atoms with van der Waals surface area (Å²) in [5.41, 5.74) is 1.39. The van der Waals surface area contributed by atoms with Gasteiger partial charge in [0.25, 0.3) is 5.91 Å². The maximum Gasteiger partial charge on any atom is 0.251 e. The molecule has 28 heavy (non-hydrogen) atoms. The lowest BCUT2D eigenvalue weighted by molar-refractivity contribution is 0.0857. The van der Waals surface area contributed by atoms with E-state index in [1.807, 2.05) is 43.3 Å². The van der Waals surface area contributed by atoms with Crippen LogP contribution in [0.15, 0.2) is 42.5 Å². The van der Waals surface area contributed by atoms with Crippen molar-refractivity contribution in [1.29, 1.82) is 0 Å². The summed E-state index contributed by atoms with van der Waals surface area (Å²) in [5, 5.41) is 2.95. The van der Waals surface area contributed by atoms with E-state index < -0.39 is 0 Å². The van der Waals surface area contributed by atoms with Gasteiger partial charge in [-0.3, -0.25) is 4.79 Å². The Kier molecular flexibility index (Phi) is 7.14. The molecule has 1 unspecified atom stereocenters. The Labute approximate surface area is 165 Å². The van der Waals surface area contributed by atoms with Crippen molar-refractivity contribution in [2.45, 2.75) is 32.5 Å². The van der Waals surface area contributed by atoms with E-state index in [9.17, 15) is 4.79 Å². The summed E-state index contributed by atoms with van der Waals surface area (Å²) in [7, 11) is 1.62. The van der Waals surface area contributed by atoms with Crippen LogP contribution < -0.4 is 19.5 Å². The van der Waals surface area contributed by atoms with Crippen LogP contribution in [0.5, 0.6) is 17.2 Å². The molecule has 2 aromatic rings. The lowest BCUT2D eigenvalue weighted by Gasteiger charge is -2.15. The van der Waals surface area contributed by atoms with Gasteiger partial charge < -0.3 is 24.3 Å². The van der Waals surface area contributed by atoms with Gasteiger partial charge in [-0.2, -0.15) is 0 Å². The van der Waals surface area contributed by atoms with Gasteiger partial charge in [0.15, 0.2) is 0 Å². The van der Waals surface area contributed by atoms with Gasteiger partial charge in [-0.1, -0.05) is 6.07 Å². The molecule has 0 spiro atoms. The molecule has 0 aromatic heterocycles. The van der Waals surface area contributed by atoms with E-state index in [-0.39, 0.29) is 18.6 Å². The third-order valence-corrected chi connectivity index (χ3v) is 4.57. The Morgan fingerprint density at radius 2 is 2.04 bits per heavy atom. The highest BCUT2D eigenvalue weighted by atomic mass is 16.5. The highest BCUT2D eigenvalue weighted by molar-refractivity contribution is 5.94. The molecule has 150 valence electrons. The normalized spacial score (nSPS) is 15.9. The number of nitrogens with one attached hydrogen (secondary N) is 1. The van der Waals surface area contributed by atoms with Crippen LogP contribution in [-0.4, -0.2) is 38.9 Å². The third-order valence-electron chi connectivity index (χ3n) is 4.57. The first-order valence-electron chi connectivity index (χ1n) is 9.62. The molecule has 0 bridgehead atoms. The molecule has 1 atom stereocenters. The van der Waals surface area contributed by atoms with Gasteiger partial charge >= 0.3 is 0 Å². The largest absolute Gasteiger partial charge is 0.497 e. The van der Waals surface area contributed by atoms with Gasteiger partial charge in [0.2, 0.25) is 0 Å². The maximum atomic E-state index is 12.5. The molecule has 0 aliphatic carbocycles. The lowest BCUT2D eigenvalue weighted by Crippen LogP contribution is -2.31. The Balaban J connectivity index is 1.68. The minimum Gasteiger partial charge on any atom is -0.497 e. The first-order valence-corrected chi connectivity index (χ1v) is 9.62. The fourth-order valence-electron chi connectivity index (χ4n) is 3.10. The maximum absolute atomic E-state index is 12.5. The van der Waals surface area contributed by atoms with Crippen molar-refractivity contribution in [1.82, 2.24) is 5.32 Å². The van der Waals surface area contributed by atoms with Gasteiger partial charge in [-0.05, 0) is 50.1 Å². The third kappa shape index (κ3) is 5.39. The Morgan fingerprint density at radius 3 is 2.79 bits per heavy atom. The summed E-state index contributed by atoms with van der Waals surface area (Å²) in [4.78, 5) is 12.5. The zero-order valence-electron chi connectivity index (χ0n) is 16.4. The van der Waals surface area contributed by atoms with Crippen molar-refractivity contribution < 1.29 is 23.7 Å². The number of carbonyl (C=O) groups excluding carboxylic acids is 1. The van der Waals surface area contributed by atoms with Crippen molar-refractivity contribution in [3.8, 4) is 17.2 Å². The molecule has 1 N–H and O–H groups in total. The molecule has 1 fully saturated rings. The number of hydrogen-bond acceptors (Lipinski definition) is 5. The van der Waals surface area contributed by atoms with Crippen LogP contribution in [0, 0.1) is 0 Å². The van der Waals surface area contributed by atoms with Crippen molar-refractivity contribution in [3.05, 3.63) is 53.6 Å².